The fraction of sp³-hybridized carbons (Fsp3) is 0.667. The lowest BCUT2D eigenvalue weighted by molar-refractivity contribution is 0.105. The maximum Gasteiger partial charge on any atom is 0.159 e. The van der Waals surface area contributed by atoms with Gasteiger partial charge >= 0.3 is 0 Å². The van der Waals surface area contributed by atoms with Crippen LogP contribution in [0.4, 0.5) is 0 Å². The minimum Gasteiger partial charge on any atom is -0.370 e. The molecule has 16 heavy (non-hydrogen) atoms. The molecule has 1 atom stereocenters. The summed E-state index contributed by atoms with van der Waals surface area (Å²) in [6.45, 7) is 6.99. The van der Waals surface area contributed by atoms with Gasteiger partial charge in [-0.05, 0) is 25.7 Å². The van der Waals surface area contributed by atoms with Gasteiger partial charge in [-0.2, -0.15) is 0 Å². The molecule has 3 nitrogen and oxygen atoms in total. The smallest absolute Gasteiger partial charge is 0.159 e. The zero-order valence-electron chi connectivity index (χ0n) is 9.96. The molecule has 0 spiro atoms. The number of rotatable bonds is 2. The van der Waals surface area contributed by atoms with Crippen LogP contribution >= 0.6 is 11.6 Å². The summed E-state index contributed by atoms with van der Waals surface area (Å²) in [5, 5.41) is 0.577. The van der Waals surface area contributed by atoms with Gasteiger partial charge in [0.25, 0.3) is 0 Å². The molecule has 2 rings (SSSR count). The summed E-state index contributed by atoms with van der Waals surface area (Å²) in [4.78, 5) is 8.88. The Kier molecular flexibility index (Phi) is 3.45. The van der Waals surface area contributed by atoms with Gasteiger partial charge in [0.15, 0.2) is 5.82 Å². The molecule has 0 amide bonds. The van der Waals surface area contributed by atoms with Crippen molar-refractivity contribution >= 4 is 11.6 Å². The molecule has 0 radical (unpaired) electrons. The Labute approximate surface area is 101 Å². The highest BCUT2D eigenvalue weighted by Crippen LogP contribution is 2.30. The Morgan fingerprint density at radius 1 is 1.38 bits per heavy atom. The zero-order chi connectivity index (χ0) is 11.7. The van der Waals surface area contributed by atoms with E-state index in [0.29, 0.717) is 11.1 Å². The summed E-state index contributed by atoms with van der Waals surface area (Å²) in [7, 11) is 0. The van der Waals surface area contributed by atoms with E-state index >= 15 is 0 Å². The predicted octanol–water partition coefficient (Wildman–Crippen LogP) is 3.41. The van der Waals surface area contributed by atoms with Crippen molar-refractivity contribution in [2.24, 2.45) is 0 Å². The molecule has 1 aliphatic heterocycles. The number of hydrogen-bond acceptors (Lipinski definition) is 3. The Bertz CT molecular complexity index is 364. The molecule has 0 aliphatic carbocycles. The van der Waals surface area contributed by atoms with Crippen molar-refractivity contribution in [3.05, 3.63) is 22.2 Å². The number of ether oxygens (including phenoxy) is 1. The number of aromatic nitrogens is 2. The molecule has 1 saturated heterocycles. The molecule has 1 aromatic heterocycles. The predicted molar refractivity (Wildman–Crippen MR) is 63.8 cm³/mol. The maximum absolute atomic E-state index is 6.20. The highest BCUT2D eigenvalue weighted by molar-refractivity contribution is 6.30. The number of hydrogen-bond donors (Lipinski definition) is 0. The quantitative estimate of drug-likeness (QED) is 0.743. The first-order valence-electron chi connectivity index (χ1n) is 5.75. The highest BCUT2D eigenvalue weighted by atomic mass is 35.5. The third kappa shape index (κ3) is 2.20. The van der Waals surface area contributed by atoms with Gasteiger partial charge in [0.05, 0.1) is 0 Å². The molecule has 1 aliphatic rings. The molecule has 0 aromatic carbocycles. The molecule has 0 N–H and O–H groups in total. The minimum absolute atomic E-state index is 0.0393. The van der Waals surface area contributed by atoms with E-state index in [2.05, 4.69) is 23.8 Å². The van der Waals surface area contributed by atoms with Crippen molar-refractivity contribution in [1.82, 2.24) is 9.97 Å². The van der Waals surface area contributed by atoms with E-state index in [1.54, 1.807) is 0 Å². The van der Waals surface area contributed by atoms with E-state index in [4.69, 9.17) is 16.3 Å². The van der Waals surface area contributed by atoms with Gasteiger partial charge < -0.3 is 4.74 Å². The lowest BCUT2D eigenvalue weighted by Crippen LogP contribution is -2.08. The third-order valence-corrected chi connectivity index (χ3v) is 3.19. The summed E-state index contributed by atoms with van der Waals surface area (Å²) in [6.07, 6.45) is 2.12. The molecule has 1 unspecified atom stereocenters. The second-order valence-corrected chi connectivity index (χ2v) is 4.89. The topological polar surface area (TPSA) is 35.0 Å². The lowest BCUT2D eigenvalue weighted by Gasteiger charge is -2.14. The summed E-state index contributed by atoms with van der Waals surface area (Å²) >= 11 is 6.20. The van der Waals surface area contributed by atoms with E-state index in [0.717, 1.165) is 36.5 Å². The Morgan fingerprint density at radius 3 is 2.62 bits per heavy atom. The second-order valence-electron chi connectivity index (χ2n) is 4.53. The van der Waals surface area contributed by atoms with Crippen LogP contribution in [0.3, 0.4) is 0 Å². The van der Waals surface area contributed by atoms with E-state index in [9.17, 15) is 0 Å². The lowest BCUT2D eigenvalue weighted by atomic mass is 10.0. The van der Waals surface area contributed by atoms with Gasteiger partial charge in [-0.1, -0.05) is 25.4 Å². The van der Waals surface area contributed by atoms with E-state index in [1.165, 1.54) is 0 Å². The van der Waals surface area contributed by atoms with Gasteiger partial charge in [0, 0.05) is 17.9 Å². The van der Waals surface area contributed by atoms with Crippen LogP contribution in [-0.4, -0.2) is 16.6 Å². The van der Waals surface area contributed by atoms with E-state index in [1.807, 2.05) is 6.92 Å². The van der Waals surface area contributed by atoms with Gasteiger partial charge in [-0.3, -0.25) is 0 Å². The van der Waals surface area contributed by atoms with E-state index < -0.39 is 0 Å². The van der Waals surface area contributed by atoms with Crippen molar-refractivity contribution in [2.45, 2.75) is 45.6 Å². The number of aryl methyl sites for hydroxylation is 1. The van der Waals surface area contributed by atoms with Crippen LogP contribution in [0.5, 0.6) is 0 Å². The Balaban J connectivity index is 2.36. The van der Waals surface area contributed by atoms with E-state index in [-0.39, 0.29) is 6.10 Å². The first-order valence-corrected chi connectivity index (χ1v) is 6.13. The first-order chi connectivity index (χ1) is 7.59. The zero-order valence-corrected chi connectivity index (χ0v) is 10.7. The molecular formula is C12H17ClN2O. The van der Waals surface area contributed by atoms with Crippen molar-refractivity contribution in [2.75, 3.05) is 6.61 Å². The minimum atomic E-state index is 0.0393. The van der Waals surface area contributed by atoms with Crippen LogP contribution in [0.25, 0.3) is 0 Å². The van der Waals surface area contributed by atoms with Crippen LogP contribution in [0, 0.1) is 6.92 Å². The summed E-state index contributed by atoms with van der Waals surface area (Å²) < 4.78 is 5.57. The first kappa shape index (κ1) is 11.8. The standard InChI is InChI=1S/C12H17ClN2O/c1-7(2)10-8(3)14-12(15-11(10)13)9-5-4-6-16-9/h7,9H,4-6H2,1-3H3. The van der Waals surface area contributed by atoms with Gasteiger partial charge in [-0.25, -0.2) is 9.97 Å². The van der Waals surface area contributed by atoms with Crippen LogP contribution in [0.15, 0.2) is 0 Å². The largest absolute Gasteiger partial charge is 0.370 e. The highest BCUT2D eigenvalue weighted by Gasteiger charge is 2.23. The van der Waals surface area contributed by atoms with Crippen LogP contribution in [0.2, 0.25) is 5.15 Å². The Hall–Kier alpha value is -0.670. The normalized spacial score (nSPS) is 20.7. The summed E-state index contributed by atoms with van der Waals surface area (Å²) in [6, 6.07) is 0. The van der Waals surface area contributed by atoms with Crippen LogP contribution in [-0.2, 0) is 4.74 Å². The van der Waals surface area contributed by atoms with Gasteiger partial charge in [-0.15, -0.1) is 0 Å². The summed E-state index contributed by atoms with van der Waals surface area (Å²) in [5.74, 6) is 1.09. The molecule has 1 fully saturated rings. The molecule has 88 valence electrons. The van der Waals surface area contributed by atoms with Crippen molar-refractivity contribution < 1.29 is 4.74 Å². The average Bonchev–Trinajstić information content (AvgIpc) is 2.67. The van der Waals surface area contributed by atoms with Crippen LogP contribution < -0.4 is 0 Å². The van der Waals surface area contributed by atoms with Gasteiger partial charge in [0.2, 0.25) is 0 Å². The molecule has 0 bridgehead atoms. The molecule has 1 aromatic rings. The van der Waals surface area contributed by atoms with Crippen LogP contribution in [0.1, 0.15) is 55.8 Å². The van der Waals surface area contributed by atoms with Gasteiger partial charge in [0.1, 0.15) is 11.3 Å². The van der Waals surface area contributed by atoms with Crippen molar-refractivity contribution in [3.63, 3.8) is 0 Å². The number of nitrogens with zero attached hydrogens (tertiary/aromatic N) is 2. The second kappa shape index (κ2) is 4.68. The number of halogens is 1. The average molecular weight is 241 g/mol. The molecule has 0 saturated carbocycles. The summed E-state index contributed by atoms with van der Waals surface area (Å²) in [5.41, 5.74) is 2.02. The Morgan fingerprint density at radius 2 is 2.12 bits per heavy atom. The van der Waals surface area contributed by atoms with Crippen molar-refractivity contribution in [1.29, 1.82) is 0 Å². The third-order valence-electron chi connectivity index (χ3n) is 2.90. The molecule has 4 heteroatoms. The molecule has 2 heterocycles. The maximum atomic E-state index is 6.20. The fourth-order valence-corrected chi connectivity index (χ4v) is 2.59. The molecular weight excluding hydrogens is 224 g/mol. The monoisotopic (exact) mass is 240 g/mol. The SMILES string of the molecule is Cc1nc(C2CCCO2)nc(Cl)c1C(C)C. The fourth-order valence-electron chi connectivity index (χ4n) is 2.15. The van der Waals surface area contributed by atoms with Crippen molar-refractivity contribution in [3.8, 4) is 0 Å².